The van der Waals surface area contributed by atoms with Crippen LogP contribution in [0.1, 0.15) is 35.3 Å². The molecule has 7 nitrogen and oxygen atoms in total. The van der Waals surface area contributed by atoms with E-state index in [0.717, 1.165) is 5.57 Å². The van der Waals surface area contributed by atoms with E-state index in [-0.39, 0.29) is 34.8 Å². The normalized spacial score (nSPS) is 10.6. The average molecular weight is 428 g/mol. The van der Waals surface area contributed by atoms with Gasteiger partial charge in [0, 0.05) is 11.6 Å². The van der Waals surface area contributed by atoms with Crippen molar-refractivity contribution in [3.8, 4) is 34.5 Å². The van der Waals surface area contributed by atoms with Crippen molar-refractivity contribution in [2.45, 2.75) is 20.3 Å². The molecule has 0 unspecified atom stereocenters. The van der Waals surface area contributed by atoms with Crippen LogP contribution in [0.4, 0.5) is 0 Å². The van der Waals surface area contributed by atoms with Gasteiger partial charge in [-0.15, -0.1) is 0 Å². The first kappa shape index (κ1) is 23.7. The van der Waals surface area contributed by atoms with Crippen LogP contribution in [0, 0.1) is 0 Å². The molecule has 2 aromatic rings. The molecule has 2 rings (SSSR count). The molecule has 0 bridgehead atoms. The summed E-state index contributed by atoms with van der Waals surface area (Å²) in [6, 6.07) is 4.72. The highest BCUT2D eigenvalue weighted by molar-refractivity contribution is 6.11. The molecule has 0 saturated carbocycles. The Morgan fingerprint density at radius 1 is 0.903 bits per heavy atom. The van der Waals surface area contributed by atoms with Crippen LogP contribution in [0.3, 0.4) is 0 Å². The fourth-order valence-electron chi connectivity index (χ4n) is 3.03. The third-order valence-corrected chi connectivity index (χ3v) is 4.64. The molecule has 0 aromatic heterocycles. The van der Waals surface area contributed by atoms with Crippen molar-refractivity contribution >= 4 is 11.9 Å². The van der Waals surface area contributed by atoms with Crippen LogP contribution >= 0.6 is 0 Å². The first-order chi connectivity index (χ1) is 14.8. The third-order valence-electron chi connectivity index (χ3n) is 4.64. The second-order valence-corrected chi connectivity index (χ2v) is 6.94. The van der Waals surface area contributed by atoms with Gasteiger partial charge in [-0.3, -0.25) is 4.79 Å². The number of carbonyl (C=O) groups is 1. The minimum absolute atomic E-state index is 0.0267. The Morgan fingerprint density at radius 2 is 1.48 bits per heavy atom. The van der Waals surface area contributed by atoms with E-state index in [2.05, 4.69) is 0 Å². The SMILES string of the molecule is COc1cc(/C=C/C(=O)c2c(OC)cc(O)c(CC=C(C)C)c2O)cc(OC)c1OC. The van der Waals surface area contributed by atoms with E-state index in [1.165, 1.54) is 40.6 Å². The number of phenolic OH excluding ortho intramolecular Hbond substituents is 2. The molecule has 0 aliphatic heterocycles. The monoisotopic (exact) mass is 428 g/mol. The Hall–Kier alpha value is -3.61. The molecule has 0 radical (unpaired) electrons. The van der Waals surface area contributed by atoms with E-state index >= 15 is 0 Å². The second kappa shape index (κ2) is 10.4. The molecule has 2 N–H and O–H groups in total. The molecule has 0 saturated heterocycles. The lowest BCUT2D eigenvalue weighted by atomic mass is 9.99. The quantitative estimate of drug-likeness (QED) is 0.344. The highest BCUT2D eigenvalue weighted by Gasteiger charge is 2.22. The summed E-state index contributed by atoms with van der Waals surface area (Å²) in [5.41, 5.74) is 1.88. The smallest absolute Gasteiger partial charge is 0.203 e. The summed E-state index contributed by atoms with van der Waals surface area (Å²) >= 11 is 0. The summed E-state index contributed by atoms with van der Waals surface area (Å²) in [6.45, 7) is 3.81. The maximum Gasteiger partial charge on any atom is 0.203 e. The highest BCUT2D eigenvalue weighted by atomic mass is 16.5. The van der Waals surface area contributed by atoms with Crippen molar-refractivity contribution in [1.29, 1.82) is 0 Å². The molecule has 166 valence electrons. The van der Waals surface area contributed by atoms with Gasteiger partial charge in [0.15, 0.2) is 17.3 Å². The third kappa shape index (κ3) is 5.31. The maximum atomic E-state index is 12.9. The van der Waals surface area contributed by atoms with Crippen LogP contribution < -0.4 is 18.9 Å². The molecule has 0 aliphatic rings. The van der Waals surface area contributed by atoms with Gasteiger partial charge in [0.05, 0.1) is 28.4 Å². The summed E-state index contributed by atoms with van der Waals surface area (Å²) in [4.78, 5) is 12.9. The van der Waals surface area contributed by atoms with Crippen LogP contribution in [-0.4, -0.2) is 44.4 Å². The molecule has 0 atom stereocenters. The Bertz CT molecular complexity index is 990. The Kier molecular flexibility index (Phi) is 7.96. The van der Waals surface area contributed by atoms with E-state index in [9.17, 15) is 15.0 Å². The minimum Gasteiger partial charge on any atom is -0.507 e. The number of phenols is 2. The minimum atomic E-state index is -0.485. The molecule has 0 amide bonds. The van der Waals surface area contributed by atoms with Crippen molar-refractivity contribution in [2.24, 2.45) is 0 Å². The van der Waals surface area contributed by atoms with Gasteiger partial charge in [-0.05, 0) is 44.0 Å². The summed E-state index contributed by atoms with van der Waals surface area (Å²) in [7, 11) is 5.88. The Morgan fingerprint density at radius 3 is 1.97 bits per heavy atom. The first-order valence-corrected chi connectivity index (χ1v) is 9.54. The van der Waals surface area contributed by atoms with E-state index in [4.69, 9.17) is 18.9 Å². The van der Waals surface area contributed by atoms with Gasteiger partial charge in [-0.2, -0.15) is 0 Å². The van der Waals surface area contributed by atoms with Crippen molar-refractivity contribution in [2.75, 3.05) is 28.4 Å². The fourth-order valence-corrected chi connectivity index (χ4v) is 3.03. The number of methoxy groups -OCH3 is 4. The molecule has 0 heterocycles. The molecule has 7 heteroatoms. The van der Waals surface area contributed by atoms with Crippen LogP contribution in [-0.2, 0) is 6.42 Å². The summed E-state index contributed by atoms with van der Waals surface area (Å²) in [5.74, 6) is 0.476. The number of carbonyl (C=O) groups excluding carboxylic acids is 1. The number of hydrogen-bond donors (Lipinski definition) is 2. The maximum absolute atomic E-state index is 12.9. The zero-order chi connectivity index (χ0) is 23.1. The van der Waals surface area contributed by atoms with Crippen LogP contribution in [0.25, 0.3) is 6.08 Å². The van der Waals surface area contributed by atoms with E-state index in [1.807, 2.05) is 19.9 Å². The second-order valence-electron chi connectivity index (χ2n) is 6.94. The van der Waals surface area contributed by atoms with Gasteiger partial charge in [-0.1, -0.05) is 17.7 Å². The molecule has 0 aliphatic carbocycles. The van der Waals surface area contributed by atoms with Gasteiger partial charge in [0.1, 0.15) is 22.8 Å². The van der Waals surface area contributed by atoms with E-state index < -0.39 is 5.78 Å². The van der Waals surface area contributed by atoms with E-state index in [0.29, 0.717) is 22.8 Å². The number of aromatic hydroxyl groups is 2. The largest absolute Gasteiger partial charge is 0.507 e. The average Bonchev–Trinajstić information content (AvgIpc) is 2.75. The van der Waals surface area contributed by atoms with Crippen molar-refractivity contribution < 1.29 is 34.0 Å². The zero-order valence-corrected chi connectivity index (χ0v) is 18.6. The molecular formula is C24H28O7. The van der Waals surface area contributed by atoms with Crippen molar-refractivity contribution in [3.63, 3.8) is 0 Å². The topological polar surface area (TPSA) is 94.5 Å². The van der Waals surface area contributed by atoms with Gasteiger partial charge in [0.25, 0.3) is 0 Å². The highest BCUT2D eigenvalue weighted by Crippen LogP contribution is 2.40. The number of rotatable bonds is 9. The number of allylic oxidation sites excluding steroid dienone is 3. The van der Waals surface area contributed by atoms with Gasteiger partial charge < -0.3 is 29.2 Å². The van der Waals surface area contributed by atoms with Crippen LogP contribution in [0.5, 0.6) is 34.5 Å². The standard InChI is InChI=1S/C24H28O7/c1-14(2)7-9-16-18(26)13-19(28-3)22(23(16)27)17(25)10-8-15-11-20(29-4)24(31-6)21(12-15)30-5/h7-8,10-13,26-27H,9H2,1-6H3/b10-8+. The Labute approximate surface area is 182 Å². The zero-order valence-electron chi connectivity index (χ0n) is 18.6. The number of ketones is 1. The number of hydrogen-bond acceptors (Lipinski definition) is 7. The lowest BCUT2D eigenvalue weighted by molar-refractivity contribution is 0.104. The summed E-state index contributed by atoms with van der Waals surface area (Å²) in [6.07, 6.45) is 5.00. The molecule has 0 spiro atoms. The van der Waals surface area contributed by atoms with Gasteiger partial charge >= 0.3 is 0 Å². The summed E-state index contributed by atoms with van der Waals surface area (Å²) in [5, 5.41) is 21.0. The van der Waals surface area contributed by atoms with E-state index in [1.54, 1.807) is 18.2 Å². The molecule has 31 heavy (non-hydrogen) atoms. The lowest BCUT2D eigenvalue weighted by Gasteiger charge is -2.14. The Balaban J connectivity index is 2.49. The van der Waals surface area contributed by atoms with Crippen LogP contribution in [0.2, 0.25) is 0 Å². The molecular weight excluding hydrogens is 400 g/mol. The lowest BCUT2D eigenvalue weighted by Crippen LogP contribution is -2.02. The predicted octanol–water partition coefficient (Wildman–Crippen LogP) is 4.54. The summed E-state index contributed by atoms with van der Waals surface area (Å²) < 4.78 is 21.2. The first-order valence-electron chi connectivity index (χ1n) is 9.54. The fraction of sp³-hybridized carbons (Fsp3) is 0.292. The molecule has 0 fully saturated rings. The van der Waals surface area contributed by atoms with Crippen molar-refractivity contribution in [1.82, 2.24) is 0 Å². The van der Waals surface area contributed by atoms with Crippen LogP contribution in [0.15, 0.2) is 35.9 Å². The van der Waals surface area contributed by atoms with Crippen molar-refractivity contribution in [3.05, 3.63) is 52.6 Å². The number of ether oxygens (including phenoxy) is 4. The predicted molar refractivity (Wildman–Crippen MR) is 119 cm³/mol. The molecule has 2 aromatic carbocycles. The van der Waals surface area contributed by atoms with Gasteiger partial charge in [-0.25, -0.2) is 0 Å². The number of benzene rings is 2. The van der Waals surface area contributed by atoms with Gasteiger partial charge in [0.2, 0.25) is 5.75 Å².